The van der Waals surface area contributed by atoms with Crippen LogP contribution < -0.4 is 0 Å². The molecule has 5 atom stereocenters. The highest BCUT2D eigenvalue weighted by Crippen LogP contribution is 2.38. The number of ether oxygens (including phenoxy) is 5. The molecule has 6 nitrogen and oxygen atoms in total. The Bertz CT molecular complexity index is 1600. The summed E-state index contributed by atoms with van der Waals surface area (Å²) < 4.78 is 34.2. The van der Waals surface area contributed by atoms with E-state index in [4.69, 9.17) is 23.7 Å². The Kier molecular flexibility index (Phi) is 13.6. The Labute approximate surface area is 302 Å². The maximum atomic E-state index is 12.8. The summed E-state index contributed by atoms with van der Waals surface area (Å²) in [6.07, 6.45) is -0.253. The van der Waals surface area contributed by atoms with Crippen LogP contribution in [0.5, 0.6) is 0 Å². The van der Waals surface area contributed by atoms with Crippen molar-refractivity contribution in [3.05, 3.63) is 155 Å². The van der Waals surface area contributed by atoms with Crippen molar-refractivity contribution in [1.29, 1.82) is 0 Å². The maximum Gasteiger partial charge on any atom is 0.327 e. The average molecular weight is 693 g/mol. The van der Waals surface area contributed by atoms with Gasteiger partial charge in [0, 0.05) is 29.4 Å². The van der Waals surface area contributed by atoms with E-state index < -0.39 is 12.2 Å². The fraction of sp³-hybridized carbons (Fsp3) is 0.341. The van der Waals surface area contributed by atoms with E-state index in [0.29, 0.717) is 61.5 Å². The first-order chi connectivity index (χ1) is 24.1. The SMILES string of the molecule is O=[C]([AlH2])C1=C(O[C@@H]2C[C@H](COCc3ccccc3)[C@@H](OCc3ccccc3)[C@H](OCc3ccccc3)[C@H]2OCc2ccccc2)CCSC1. The normalized spacial score (nSPS) is 22.5. The predicted molar refractivity (Wildman–Crippen MR) is 197 cm³/mol. The largest absolute Gasteiger partial charge is 0.492 e. The minimum absolute atomic E-state index is 0.0523. The first-order valence-corrected chi connectivity index (χ1v) is 19.3. The molecule has 6 rings (SSSR count). The highest BCUT2D eigenvalue weighted by Gasteiger charge is 2.49. The Morgan fingerprint density at radius 1 is 0.633 bits per heavy atom. The van der Waals surface area contributed by atoms with Gasteiger partial charge in [-0.1, -0.05) is 121 Å². The first-order valence-electron chi connectivity index (χ1n) is 17.2. The van der Waals surface area contributed by atoms with Crippen LogP contribution in [0.4, 0.5) is 0 Å². The fourth-order valence-corrected chi connectivity index (χ4v) is 8.27. The molecule has 4 aromatic carbocycles. The van der Waals surface area contributed by atoms with Gasteiger partial charge in [-0.3, -0.25) is 0 Å². The van der Waals surface area contributed by atoms with Crippen LogP contribution >= 0.6 is 11.8 Å². The third-order valence-corrected chi connectivity index (χ3v) is 10.7. The van der Waals surface area contributed by atoms with Crippen LogP contribution in [0.2, 0.25) is 0 Å². The van der Waals surface area contributed by atoms with Crippen LogP contribution in [0.25, 0.3) is 0 Å². The molecule has 49 heavy (non-hydrogen) atoms. The van der Waals surface area contributed by atoms with Crippen LogP contribution in [0.1, 0.15) is 35.1 Å². The third kappa shape index (κ3) is 10.4. The average Bonchev–Trinajstić information content (AvgIpc) is 3.15. The molecular weight excluding hydrogens is 647 g/mol. The molecule has 1 heterocycles. The molecule has 0 saturated heterocycles. The summed E-state index contributed by atoms with van der Waals surface area (Å²) in [5.74, 6) is 2.38. The van der Waals surface area contributed by atoms with Gasteiger partial charge in [0.1, 0.15) is 24.1 Å². The van der Waals surface area contributed by atoms with Gasteiger partial charge in [-0.05, 0) is 28.7 Å². The van der Waals surface area contributed by atoms with Gasteiger partial charge in [-0.2, -0.15) is 11.8 Å². The molecule has 1 aliphatic carbocycles. The molecule has 1 fully saturated rings. The summed E-state index contributed by atoms with van der Waals surface area (Å²) in [6, 6.07) is 40.9. The monoisotopic (exact) mass is 692 g/mol. The van der Waals surface area contributed by atoms with E-state index in [2.05, 4.69) is 48.5 Å². The van der Waals surface area contributed by atoms with E-state index in [1.165, 1.54) is 0 Å². The highest BCUT2D eigenvalue weighted by atomic mass is 32.2. The lowest BCUT2D eigenvalue weighted by atomic mass is 9.80. The molecule has 1 aliphatic heterocycles. The van der Waals surface area contributed by atoms with Crippen molar-refractivity contribution in [2.24, 2.45) is 5.92 Å². The topological polar surface area (TPSA) is 63.2 Å². The zero-order valence-corrected chi connectivity index (χ0v) is 31.0. The van der Waals surface area contributed by atoms with Crippen LogP contribution in [0.15, 0.2) is 133 Å². The molecule has 0 bridgehead atoms. The second-order valence-corrected chi connectivity index (χ2v) is 14.7. The molecule has 0 spiro atoms. The summed E-state index contributed by atoms with van der Waals surface area (Å²) in [5.41, 5.74) is 5.18. The van der Waals surface area contributed by atoms with E-state index in [1.54, 1.807) is 11.8 Å². The number of thioether (sulfide) groups is 1. The maximum absolute atomic E-state index is 12.8. The van der Waals surface area contributed by atoms with Gasteiger partial charge in [0.25, 0.3) is 0 Å². The van der Waals surface area contributed by atoms with Crippen LogP contribution in [0, 0.1) is 5.92 Å². The molecule has 0 radical (unpaired) electrons. The molecule has 0 aromatic heterocycles. The number of carbonyl (C=O) groups excluding carboxylic acids is 1. The van der Waals surface area contributed by atoms with Gasteiger partial charge in [-0.25, -0.2) is 0 Å². The Hall–Kier alpha value is -3.19. The van der Waals surface area contributed by atoms with Gasteiger partial charge in [0.15, 0.2) is 0 Å². The molecule has 8 heteroatoms. The number of allylic oxidation sites excluding steroid dienone is 1. The lowest BCUT2D eigenvalue weighted by Gasteiger charge is -2.46. The van der Waals surface area contributed by atoms with E-state index in [9.17, 15) is 4.79 Å². The van der Waals surface area contributed by atoms with Crippen molar-refractivity contribution in [3.63, 3.8) is 0 Å². The van der Waals surface area contributed by atoms with Crippen molar-refractivity contribution in [2.75, 3.05) is 18.1 Å². The zero-order valence-electron chi connectivity index (χ0n) is 28.2. The number of hydrogen-bond donors (Lipinski definition) is 0. The summed E-state index contributed by atoms with van der Waals surface area (Å²) in [6.45, 7) is 2.20. The molecule has 2 aliphatic rings. The minimum Gasteiger partial charge on any atom is -0.492 e. The Balaban J connectivity index is 1.34. The van der Waals surface area contributed by atoms with Crippen LogP contribution in [-0.2, 0) is 54.9 Å². The quantitative estimate of drug-likeness (QED) is 0.118. The van der Waals surface area contributed by atoms with Gasteiger partial charge in [-0.15, -0.1) is 0 Å². The number of rotatable bonds is 16. The minimum atomic E-state index is -0.467. The summed E-state index contributed by atoms with van der Waals surface area (Å²) in [5, 5.41) is 0. The van der Waals surface area contributed by atoms with Gasteiger partial charge < -0.3 is 28.5 Å². The number of benzene rings is 4. The summed E-state index contributed by atoms with van der Waals surface area (Å²) in [4.78, 5) is 12.8. The van der Waals surface area contributed by atoms with Crippen molar-refractivity contribution >= 4 is 32.7 Å². The molecule has 0 N–H and O–H groups in total. The fourth-order valence-electron chi connectivity index (χ4n) is 6.52. The van der Waals surface area contributed by atoms with E-state index >= 15 is 0 Å². The van der Waals surface area contributed by atoms with E-state index in [0.717, 1.165) is 45.8 Å². The van der Waals surface area contributed by atoms with Crippen molar-refractivity contribution in [2.45, 2.75) is 63.7 Å². The number of carbonyl (C=O) groups is 1. The molecule has 0 amide bonds. The van der Waals surface area contributed by atoms with E-state index in [1.807, 2.05) is 72.8 Å². The zero-order chi connectivity index (χ0) is 33.7. The highest BCUT2D eigenvalue weighted by molar-refractivity contribution is 7.99. The van der Waals surface area contributed by atoms with Crippen molar-refractivity contribution in [3.8, 4) is 0 Å². The third-order valence-electron chi connectivity index (χ3n) is 9.09. The summed E-state index contributed by atoms with van der Waals surface area (Å²) >= 11 is 2.26. The molecule has 254 valence electrons. The molecular formula is C41H45AlO6S. The summed E-state index contributed by atoms with van der Waals surface area (Å²) in [7, 11) is 0. The first kappa shape index (κ1) is 35.6. The van der Waals surface area contributed by atoms with E-state index in [-0.39, 0.29) is 22.8 Å². The molecule has 1 saturated carbocycles. The Morgan fingerprint density at radius 2 is 1.10 bits per heavy atom. The van der Waals surface area contributed by atoms with Gasteiger partial charge >= 0.3 is 16.3 Å². The smallest absolute Gasteiger partial charge is 0.327 e. The van der Waals surface area contributed by atoms with Gasteiger partial charge in [0.2, 0.25) is 0 Å². The lowest BCUT2D eigenvalue weighted by Crippen LogP contribution is -2.58. The number of hydrogen-bond acceptors (Lipinski definition) is 7. The predicted octanol–water partition coefficient (Wildman–Crippen LogP) is 6.92. The molecule has 4 aromatic rings. The Morgan fingerprint density at radius 3 is 1.61 bits per heavy atom. The van der Waals surface area contributed by atoms with Crippen molar-refractivity contribution in [1.82, 2.24) is 0 Å². The molecule has 0 unspecified atom stereocenters. The standard InChI is InChI=1S/C41H43O6S.Al.2H/c42-24-36-30-48-22-21-37(36)47-38-23-35(29-43-25-31-13-5-1-6-14-31)39(44-26-32-15-7-2-8-16-32)41(46-28-34-19-11-4-12-20-34)40(38)45-27-33-17-9-3-10-18-33;;;/h1-20,35,38-41H,21-23,25-30H2;;;/t35-,38-,39-,40+,41+;;;/m1.../s1. The van der Waals surface area contributed by atoms with Crippen LogP contribution in [0.3, 0.4) is 0 Å². The van der Waals surface area contributed by atoms with Crippen LogP contribution in [-0.4, -0.2) is 63.5 Å². The second-order valence-electron chi connectivity index (χ2n) is 12.7. The second kappa shape index (κ2) is 18.7. The van der Waals surface area contributed by atoms with Gasteiger partial charge in [0.05, 0.1) is 43.8 Å². The van der Waals surface area contributed by atoms with Crippen molar-refractivity contribution < 1.29 is 28.5 Å². The lowest BCUT2D eigenvalue weighted by molar-refractivity contribution is -0.227.